The molecule has 0 saturated carbocycles. The average molecular weight is 726 g/mol. The van der Waals surface area contributed by atoms with E-state index in [4.69, 9.17) is 4.74 Å². The molecule has 3 aliphatic heterocycles. The first kappa shape index (κ1) is 36.2. The van der Waals surface area contributed by atoms with Crippen LogP contribution in [0.1, 0.15) is 42.1 Å². The lowest BCUT2D eigenvalue weighted by Crippen LogP contribution is -2.60. The number of aliphatic hydroxyl groups is 1. The third-order valence-electron chi connectivity index (χ3n) is 9.34. The van der Waals surface area contributed by atoms with Crippen molar-refractivity contribution in [2.45, 2.75) is 50.7 Å². The fourth-order valence-corrected chi connectivity index (χ4v) is 6.56. The molecule has 0 radical (unpaired) electrons. The number of rotatable bonds is 7. The minimum atomic E-state index is -4.87. The van der Waals surface area contributed by atoms with Crippen LogP contribution in [-0.2, 0) is 39.8 Å². The van der Waals surface area contributed by atoms with Crippen molar-refractivity contribution in [3.63, 3.8) is 0 Å². The van der Waals surface area contributed by atoms with Crippen LogP contribution in [0, 0.1) is 11.6 Å². The van der Waals surface area contributed by atoms with E-state index in [0.29, 0.717) is 57.1 Å². The van der Waals surface area contributed by atoms with E-state index >= 15 is 8.78 Å². The second kappa shape index (κ2) is 13.5. The van der Waals surface area contributed by atoms with Crippen molar-refractivity contribution in [1.29, 1.82) is 0 Å². The van der Waals surface area contributed by atoms with E-state index in [-0.39, 0.29) is 47.5 Å². The molecule has 272 valence electrons. The highest BCUT2D eigenvalue weighted by molar-refractivity contribution is 6.24. The van der Waals surface area contributed by atoms with Gasteiger partial charge in [0.15, 0.2) is 11.6 Å². The van der Waals surface area contributed by atoms with Crippen LogP contribution in [0.2, 0.25) is 0 Å². The number of fused-ring (bicyclic) bond motifs is 1. The Bertz CT molecular complexity index is 1880. The number of carbonyl (C=O) groups is 2. The number of anilines is 1. The molecular formula is C34H31F8N5O4. The molecule has 6 rings (SSSR count). The summed E-state index contributed by atoms with van der Waals surface area (Å²) in [6.45, 7) is 3.35. The van der Waals surface area contributed by atoms with E-state index in [0.717, 1.165) is 17.1 Å². The zero-order chi connectivity index (χ0) is 36.9. The number of hydrogen-bond donors (Lipinski definition) is 2. The van der Waals surface area contributed by atoms with Gasteiger partial charge in [0.1, 0.15) is 17.0 Å². The molecule has 4 heterocycles. The Balaban J connectivity index is 1.32. The number of alkyl halides is 6. The molecular weight excluding hydrogens is 694 g/mol. The maximum absolute atomic E-state index is 15.5. The molecule has 2 aromatic carbocycles. The average Bonchev–Trinajstić information content (AvgIpc) is 3.48. The Labute approximate surface area is 286 Å². The van der Waals surface area contributed by atoms with Crippen LogP contribution in [0.5, 0.6) is 0 Å². The molecule has 51 heavy (non-hydrogen) atoms. The first-order chi connectivity index (χ1) is 24.0. The van der Waals surface area contributed by atoms with Crippen LogP contribution in [0.3, 0.4) is 0 Å². The molecule has 2 saturated heterocycles. The van der Waals surface area contributed by atoms with Crippen molar-refractivity contribution in [1.82, 2.24) is 19.9 Å². The second-order valence-corrected chi connectivity index (χ2v) is 12.6. The van der Waals surface area contributed by atoms with E-state index in [1.54, 1.807) is 6.92 Å². The summed E-state index contributed by atoms with van der Waals surface area (Å²) < 4.78 is 116. The lowest BCUT2D eigenvalue weighted by molar-refractivity contribution is -0.160. The van der Waals surface area contributed by atoms with Gasteiger partial charge in [0.05, 0.1) is 30.9 Å². The van der Waals surface area contributed by atoms with Crippen molar-refractivity contribution in [2.24, 2.45) is 0 Å². The number of carbonyl (C=O) groups excluding carboxylic acids is 2. The van der Waals surface area contributed by atoms with Crippen LogP contribution in [0.4, 0.5) is 40.8 Å². The van der Waals surface area contributed by atoms with E-state index in [9.17, 15) is 41.0 Å². The van der Waals surface area contributed by atoms with Gasteiger partial charge in [-0.05, 0) is 44.0 Å². The summed E-state index contributed by atoms with van der Waals surface area (Å²) in [7, 11) is 0. The van der Waals surface area contributed by atoms with Gasteiger partial charge < -0.3 is 15.2 Å². The number of pyridine rings is 1. The molecule has 1 atom stereocenters. The third kappa shape index (κ3) is 7.01. The standard InChI is InChI=1S/C34H31F8N5O4/c1-32-9-2-10-47(32)46(18-21-4-3-20(27(35)28(21)36)17-45-11-13-51-14-12-45)31(50)26(29(32)48)30(49)44-24-7-6-22(33(37,38)39)15-23(24)19-5-8-25(43-16-19)34(40,41)42/h3-8,15-16,48H,2,9-14,17-18H2,1H3,(H,44,49)/t32-/m1/s1. The van der Waals surface area contributed by atoms with Crippen molar-refractivity contribution in [3.8, 4) is 11.1 Å². The highest BCUT2D eigenvalue weighted by atomic mass is 19.4. The van der Waals surface area contributed by atoms with Crippen molar-refractivity contribution >= 4 is 17.5 Å². The highest BCUT2D eigenvalue weighted by Gasteiger charge is 2.53. The lowest BCUT2D eigenvalue weighted by Gasteiger charge is -2.46. The summed E-state index contributed by atoms with van der Waals surface area (Å²) in [6, 6.07) is 6.26. The molecule has 9 nitrogen and oxygen atoms in total. The van der Waals surface area contributed by atoms with Crippen molar-refractivity contribution < 1.29 is 54.6 Å². The molecule has 2 N–H and O–H groups in total. The maximum Gasteiger partial charge on any atom is 0.433 e. The number of nitrogens with zero attached hydrogens (tertiary/aromatic N) is 4. The number of benzene rings is 2. The second-order valence-electron chi connectivity index (χ2n) is 12.6. The minimum Gasteiger partial charge on any atom is -0.509 e. The molecule has 17 heteroatoms. The van der Waals surface area contributed by atoms with Crippen LogP contribution < -0.4 is 5.32 Å². The van der Waals surface area contributed by atoms with E-state index in [2.05, 4.69) is 10.3 Å². The number of amides is 2. The van der Waals surface area contributed by atoms with Crippen LogP contribution >= 0.6 is 0 Å². The largest absolute Gasteiger partial charge is 0.509 e. The third-order valence-corrected chi connectivity index (χ3v) is 9.34. The zero-order valence-electron chi connectivity index (χ0n) is 27.0. The molecule has 2 fully saturated rings. The van der Waals surface area contributed by atoms with Crippen LogP contribution in [-0.4, -0.2) is 75.2 Å². The molecule has 1 aromatic heterocycles. The zero-order valence-corrected chi connectivity index (χ0v) is 27.0. The van der Waals surface area contributed by atoms with E-state index < -0.39 is 70.5 Å². The number of hydrazine groups is 1. The summed E-state index contributed by atoms with van der Waals surface area (Å²) in [5.41, 5.74) is -5.66. The Hall–Kier alpha value is -4.61. The molecule has 0 aliphatic carbocycles. The SMILES string of the molecule is C[C@]12CCCN1N(Cc1ccc(CN3CCOCC3)c(F)c1F)C(=O)C(C(=O)Nc1ccc(C(F)(F)F)cc1-c1ccc(C(F)(F)F)nc1)=C2O. The minimum absolute atomic E-state index is 0.0994. The van der Waals surface area contributed by atoms with Gasteiger partial charge in [-0.2, -0.15) is 26.3 Å². The van der Waals surface area contributed by atoms with Crippen molar-refractivity contribution in [2.75, 3.05) is 38.2 Å². The van der Waals surface area contributed by atoms with E-state index in [1.165, 1.54) is 17.1 Å². The van der Waals surface area contributed by atoms with Gasteiger partial charge in [-0.3, -0.25) is 24.5 Å². The van der Waals surface area contributed by atoms with Gasteiger partial charge in [0.2, 0.25) is 0 Å². The number of aliphatic hydroxyl groups excluding tert-OH is 1. The monoisotopic (exact) mass is 725 g/mol. The molecule has 0 bridgehead atoms. The molecule has 0 spiro atoms. The molecule has 3 aromatic rings. The molecule has 2 amide bonds. The van der Waals surface area contributed by atoms with Crippen molar-refractivity contribution in [3.05, 3.63) is 94.0 Å². The number of halogens is 8. The summed E-state index contributed by atoms with van der Waals surface area (Å²) in [6.07, 6.45) is -8.32. The quantitative estimate of drug-likeness (QED) is 0.213. The lowest BCUT2D eigenvalue weighted by atomic mass is 9.90. The van der Waals surface area contributed by atoms with Gasteiger partial charge in [0, 0.05) is 60.3 Å². The van der Waals surface area contributed by atoms with Gasteiger partial charge in [-0.15, -0.1) is 0 Å². The summed E-state index contributed by atoms with van der Waals surface area (Å²) in [4.78, 5) is 33.0. The first-order valence-electron chi connectivity index (χ1n) is 15.8. The fourth-order valence-electron chi connectivity index (χ4n) is 6.56. The molecule has 0 unspecified atom stereocenters. The normalized spacial score (nSPS) is 20.6. The number of nitrogens with one attached hydrogen (secondary N) is 1. The Morgan fingerprint density at radius 1 is 0.941 bits per heavy atom. The van der Waals surface area contributed by atoms with Crippen LogP contribution in [0.25, 0.3) is 11.1 Å². The Morgan fingerprint density at radius 2 is 1.61 bits per heavy atom. The first-order valence-corrected chi connectivity index (χ1v) is 15.8. The summed E-state index contributed by atoms with van der Waals surface area (Å²) in [5.74, 6) is -5.28. The Morgan fingerprint density at radius 3 is 2.22 bits per heavy atom. The Kier molecular flexibility index (Phi) is 9.58. The van der Waals surface area contributed by atoms with Crippen LogP contribution in [0.15, 0.2) is 60.0 Å². The number of hydrogen-bond acceptors (Lipinski definition) is 7. The van der Waals surface area contributed by atoms with Gasteiger partial charge in [-0.25, -0.2) is 13.8 Å². The number of aromatic nitrogens is 1. The van der Waals surface area contributed by atoms with Gasteiger partial charge in [-0.1, -0.05) is 18.2 Å². The summed E-state index contributed by atoms with van der Waals surface area (Å²) >= 11 is 0. The predicted octanol–water partition coefficient (Wildman–Crippen LogP) is 6.46. The smallest absolute Gasteiger partial charge is 0.433 e. The number of morpholine rings is 1. The highest BCUT2D eigenvalue weighted by Crippen LogP contribution is 2.43. The molecule has 3 aliphatic rings. The predicted molar refractivity (Wildman–Crippen MR) is 165 cm³/mol. The summed E-state index contributed by atoms with van der Waals surface area (Å²) in [5, 5.41) is 16.2. The number of ether oxygens (including phenoxy) is 1. The van der Waals surface area contributed by atoms with Gasteiger partial charge in [0.25, 0.3) is 11.8 Å². The fraction of sp³-hybridized carbons (Fsp3) is 0.382. The van der Waals surface area contributed by atoms with Gasteiger partial charge >= 0.3 is 12.4 Å². The maximum atomic E-state index is 15.5. The topological polar surface area (TPSA) is 98.2 Å². The van der Waals surface area contributed by atoms with E-state index in [1.807, 2.05) is 4.90 Å².